The van der Waals surface area contributed by atoms with Crippen LogP contribution in [0.15, 0.2) is 22.7 Å². The van der Waals surface area contributed by atoms with Gasteiger partial charge in [-0.15, -0.1) is 0 Å². The fourth-order valence-electron chi connectivity index (χ4n) is 2.27. The van der Waals surface area contributed by atoms with Crippen LogP contribution in [0.5, 0.6) is 0 Å². The number of nitrogens with zero attached hydrogens (tertiary/aromatic N) is 2. The molecular formula is C13H13F2N3O2. The molecule has 0 bridgehead atoms. The van der Waals surface area contributed by atoms with Crippen LogP contribution >= 0.6 is 0 Å². The molecule has 1 saturated heterocycles. The summed E-state index contributed by atoms with van der Waals surface area (Å²) in [7, 11) is 1.82. The van der Waals surface area contributed by atoms with Gasteiger partial charge >= 0.3 is 0 Å². The summed E-state index contributed by atoms with van der Waals surface area (Å²) in [5.74, 6) is -0.839. The number of likely N-dealkylation sites (N-methyl/N-ethyl adjacent to an activating group) is 1. The highest BCUT2D eigenvalue weighted by Gasteiger charge is 2.33. The number of nitrogens with one attached hydrogen (secondary N) is 1. The highest BCUT2D eigenvalue weighted by atomic mass is 19.1. The van der Waals surface area contributed by atoms with Crippen LogP contribution in [0.3, 0.4) is 0 Å². The topological polar surface area (TPSA) is 60.2 Å². The van der Waals surface area contributed by atoms with Gasteiger partial charge < -0.3 is 14.6 Å². The van der Waals surface area contributed by atoms with Crippen molar-refractivity contribution in [1.82, 2.24) is 15.5 Å². The Balaban J connectivity index is 1.90. The molecule has 2 aromatic rings. The van der Waals surface area contributed by atoms with Crippen LogP contribution < -0.4 is 5.32 Å². The molecular weight excluding hydrogens is 268 g/mol. The Hall–Kier alpha value is -1.86. The third-order valence-corrected chi connectivity index (χ3v) is 3.33. The maximum Gasteiger partial charge on any atom is 0.234 e. The maximum absolute atomic E-state index is 13.2. The Labute approximate surface area is 113 Å². The van der Waals surface area contributed by atoms with Gasteiger partial charge in [0.05, 0.1) is 19.1 Å². The smallest absolute Gasteiger partial charge is 0.234 e. The van der Waals surface area contributed by atoms with Gasteiger partial charge in [0.25, 0.3) is 0 Å². The van der Waals surface area contributed by atoms with Crippen LogP contribution in [0, 0.1) is 11.6 Å². The van der Waals surface area contributed by atoms with Crippen LogP contribution in [0.4, 0.5) is 8.78 Å². The molecule has 0 saturated carbocycles. The van der Waals surface area contributed by atoms with E-state index in [1.54, 1.807) is 0 Å². The number of benzene rings is 1. The maximum atomic E-state index is 13.2. The molecule has 5 nitrogen and oxygen atoms in total. The van der Waals surface area contributed by atoms with Crippen molar-refractivity contribution >= 4 is 0 Å². The van der Waals surface area contributed by atoms with E-state index in [1.165, 1.54) is 12.1 Å². The van der Waals surface area contributed by atoms with Crippen molar-refractivity contribution in [3.63, 3.8) is 0 Å². The van der Waals surface area contributed by atoms with Crippen molar-refractivity contribution in [2.45, 2.75) is 12.0 Å². The van der Waals surface area contributed by atoms with Gasteiger partial charge in [-0.2, -0.15) is 4.98 Å². The molecule has 2 atom stereocenters. The Morgan fingerprint density at radius 1 is 1.20 bits per heavy atom. The van der Waals surface area contributed by atoms with Crippen LogP contribution in [-0.2, 0) is 4.74 Å². The van der Waals surface area contributed by atoms with E-state index >= 15 is 0 Å². The molecule has 0 aliphatic carbocycles. The zero-order valence-electron chi connectivity index (χ0n) is 10.8. The lowest BCUT2D eigenvalue weighted by atomic mass is 10.0. The number of halogens is 2. The molecule has 0 amide bonds. The fraction of sp³-hybridized carbons (Fsp3) is 0.385. The minimum atomic E-state index is -0.677. The largest absolute Gasteiger partial charge is 0.379 e. The summed E-state index contributed by atoms with van der Waals surface area (Å²) in [4.78, 5) is 4.21. The van der Waals surface area contributed by atoms with Crippen molar-refractivity contribution in [1.29, 1.82) is 0 Å². The van der Waals surface area contributed by atoms with E-state index in [0.717, 1.165) is 6.07 Å². The number of rotatable bonds is 3. The van der Waals surface area contributed by atoms with Crippen LogP contribution in [0.2, 0.25) is 0 Å². The monoisotopic (exact) mass is 281 g/mol. The molecule has 7 heteroatoms. The van der Waals surface area contributed by atoms with Gasteiger partial charge in [0.15, 0.2) is 0 Å². The van der Waals surface area contributed by atoms with Crippen molar-refractivity contribution in [2.24, 2.45) is 0 Å². The molecule has 1 aromatic carbocycles. The summed E-state index contributed by atoms with van der Waals surface area (Å²) in [5, 5.41) is 6.89. The Kier molecular flexibility index (Phi) is 3.45. The second-order valence-electron chi connectivity index (χ2n) is 4.65. The Morgan fingerprint density at radius 3 is 2.65 bits per heavy atom. The quantitative estimate of drug-likeness (QED) is 0.928. The number of aromatic nitrogens is 2. The Bertz CT molecular complexity index is 597. The minimum absolute atomic E-state index is 0.0559. The summed E-state index contributed by atoms with van der Waals surface area (Å²) in [6.07, 6.45) is 0. The molecule has 1 N–H and O–H groups in total. The zero-order valence-corrected chi connectivity index (χ0v) is 10.8. The number of hydrogen-bond donors (Lipinski definition) is 1. The molecule has 1 aliphatic rings. The summed E-state index contributed by atoms with van der Waals surface area (Å²) in [6.45, 7) is 1.04. The number of ether oxygens (including phenoxy) is 1. The zero-order chi connectivity index (χ0) is 14.1. The highest BCUT2D eigenvalue weighted by Crippen LogP contribution is 2.27. The van der Waals surface area contributed by atoms with Crippen molar-refractivity contribution in [3.05, 3.63) is 35.7 Å². The first-order chi connectivity index (χ1) is 9.67. The predicted molar refractivity (Wildman–Crippen MR) is 66.1 cm³/mol. The standard InChI is InChI=1S/C13H13F2N3O2/c1-16-11-6-19-5-10(11)13-17-12(18-20-13)7-2-8(14)4-9(15)3-7/h2-4,10-11,16H,5-6H2,1H3. The molecule has 3 rings (SSSR count). The Morgan fingerprint density at radius 2 is 1.95 bits per heavy atom. The van der Waals surface area contributed by atoms with Gasteiger partial charge in [-0.05, 0) is 19.2 Å². The van der Waals surface area contributed by atoms with Crippen LogP contribution in [-0.4, -0.2) is 36.4 Å². The van der Waals surface area contributed by atoms with E-state index in [0.29, 0.717) is 19.1 Å². The van der Waals surface area contributed by atoms with Crippen molar-refractivity contribution < 1.29 is 18.0 Å². The van der Waals surface area contributed by atoms with Crippen molar-refractivity contribution in [2.75, 3.05) is 20.3 Å². The van der Waals surface area contributed by atoms with E-state index in [2.05, 4.69) is 15.5 Å². The first-order valence-electron chi connectivity index (χ1n) is 6.22. The lowest BCUT2D eigenvalue weighted by Gasteiger charge is -2.11. The molecule has 0 spiro atoms. The third-order valence-electron chi connectivity index (χ3n) is 3.33. The highest BCUT2D eigenvalue weighted by molar-refractivity contribution is 5.54. The normalized spacial score (nSPS) is 22.4. The van der Waals surface area contributed by atoms with Gasteiger partial charge in [-0.1, -0.05) is 5.16 Å². The molecule has 0 radical (unpaired) electrons. The second kappa shape index (κ2) is 5.26. The summed E-state index contributed by atoms with van der Waals surface area (Å²) in [5.41, 5.74) is 0.248. The van der Waals surface area contributed by atoms with Gasteiger partial charge in [0.2, 0.25) is 11.7 Å². The molecule has 2 unspecified atom stereocenters. The fourth-order valence-corrected chi connectivity index (χ4v) is 2.27. The van der Waals surface area contributed by atoms with Crippen LogP contribution in [0.25, 0.3) is 11.4 Å². The summed E-state index contributed by atoms with van der Waals surface area (Å²) in [6, 6.07) is 3.22. The molecule has 2 heterocycles. The van der Waals surface area contributed by atoms with Gasteiger partial charge in [-0.25, -0.2) is 8.78 Å². The lowest BCUT2D eigenvalue weighted by Crippen LogP contribution is -2.31. The lowest BCUT2D eigenvalue weighted by molar-refractivity contribution is 0.185. The molecule has 1 fully saturated rings. The summed E-state index contributed by atoms with van der Waals surface area (Å²) < 4.78 is 36.9. The van der Waals surface area contributed by atoms with Gasteiger partial charge in [0, 0.05) is 17.7 Å². The minimum Gasteiger partial charge on any atom is -0.379 e. The van der Waals surface area contributed by atoms with Gasteiger partial charge in [0.1, 0.15) is 11.6 Å². The van der Waals surface area contributed by atoms with Crippen LogP contribution in [0.1, 0.15) is 11.8 Å². The first kappa shape index (κ1) is 13.1. The SMILES string of the molecule is CNC1COCC1c1nc(-c2cc(F)cc(F)c2)no1. The second-order valence-corrected chi connectivity index (χ2v) is 4.65. The average molecular weight is 281 g/mol. The van der Waals surface area contributed by atoms with E-state index < -0.39 is 11.6 Å². The first-order valence-corrected chi connectivity index (χ1v) is 6.22. The average Bonchev–Trinajstić information content (AvgIpc) is 3.06. The molecule has 1 aromatic heterocycles. The molecule has 106 valence electrons. The third kappa shape index (κ3) is 2.41. The number of hydrogen-bond acceptors (Lipinski definition) is 5. The van der Waals surface area contributed by atoms with E-state index in [-0.39, 0.29) is 23.3 Å². The predicted octanol–water partition coefficient (Wildman–Crippen LogP) is 1.72. The van der Waals surface area contributed by atoms with E-state index in [4.69, 9.17) is 9.26 Å². The van der Waals surface area contributed by atoms with Gasteiger partial charge in [-0.3, -0.25) is 0 Å². The molecule has 1 aliphatic heterocycles. The molecule has 20 heavy (non-hydrogen) atoms. The van der Waals surface area contributed by atoms with Crippen molar-refractivity contribution in [3.8, 4) is 11.4 Å². The van der Waals surface area contributed by atoms with E-state index in [9.17, 15) is 8.78 Å². The summed E-state index contributed by atoms with van der Waals surface area (Å²) >= 11 is 0. The van der Waals surface area contributed by atoms with E-state index in [1.807, 2.05) is 7.05 Å².